The smallest absolute Gasteiger partial charge is 0.264 e. The number of hydrogen-bond donors (Lipinski definition) is 1. The van der Waals surface area contributed by atoms with E-state index in [4.69, 9.17) is 11.6 Å². The molecule has 5 nitrogen and oxygen atoms in total. The minimum Gasteiger partial charge on any atom is -0.329 e. The first-order valence-electron chi connectivity index (χ1n) is 7.23. The van der Waals surface area contributed by atoms with Crippen LogP contribution in [0.25, 0.3) is 11.0 Å². The maximum atomic E-state index is 13.1. The Bertz CT molecular complexity index is 1020. The lowest BCUT2D eigenvalue weighted by Crippen LogP contribution is -2.13. The summed E-state index contributed by atoms with van der Waals surface area (Å²) in [4.78, 5) is 4.36. The lowest BCUT2D eigenvalue weighted by molar-refractivity contribution is 0.596. The molecular formula is C16H15ClFN3O2S. The molecule has 0 aliphatic rings. The Kier molecular flexibility index (Phi) is 4.23. The molecular weight excluding hydrogens is 353 g/mol. The molecule has 1 N–H and O–H groups in total. The molecule has 126 valence electrons. The SMILES string of the molecule is CC(C)n1cc(S(=O)(=O)Nc2ccc(F)cc2Cl)c2cccnc21. The number of pyridine rings is 1. The number of benzene rings is 1. The molecule has 0 radical (unpaired) electrons. The van der Waals surface area contributed by atoms with Crippen molar-refractivity contribution < 1.29 is 12.8 Å². The van der Waals surface area contributed by atoms with Gasteiger partial charge in [0, 0.05) is 23.8 Å². The molecule has 0 saturated heterocycles. The second-order valence-corrected chi connectivity index (χ2v) is 7.66. The van der Waals surface area contributed by atoms with Crippen molar-refractivity contribution in [2.45, 2.75) is 24.8 Å². The van der Waals surface area contributed by atoms with Crippen LogP contribution in [0.5, 0.6) is 0 Å². The molecule has 0 atom stereocenters. The van der Waals surface area contributed by atoms with Crippen LogP contribution in [-0.4, -0.2) is 18.0 Å². The van der Waals surface area contributed by atoms with Crippen LogP contribution in [0.15, 0.2) is 47.6 Å². The van der Waals surface area contributed by atoms with Crippen LogP contribution < -0.4 is 4.72 Å². The first kappa shape index (κ1) is 16.7. The monoisotopic (exact) mass is 367 g/mol. The number of nitrogens with one attached hydrogen (secondary N) is 1. The molecule has 8 heteroatoms. The standard InChI is InChI=1S/C16H15ClFN3O2S/c1-10(2)21-9-15(12-4-3-7-19-16(12)21)24(22,23)20-14-6-5-11(18)8-13(14)17/h3-10,20H,1-2H3. The Morgan fingerprint density at radius 2 is 2.04 bits per heavy atom. The molecule has 0 amide bonds. The van der Waals surface area contributed by atoms with Gasteiger partial charge in [0.15, 0.2) is 0 Å². The predicted octanol–water partition coefficient (Wildman–Crippen LogP) is 4.21. The number of anilines is 1. The first-order chi connectivity index (χ1) is 11.3. The van der Waals surface area contributed by atoms with E-state index >= 15 is 0 Å². The predicted molar refractivity (Wildman–Crippen MR) is 92.3 cm³/mol. The Labute approximate surface area is 144 Å². The number of halogens is 2. The second-order valence-electron chi connectivity index (χ2n) is 5.60. The third-order valence-electron chi connectivity index (χ3n) is 3.57. The highest BCUT2D eigenvalue weighted by atomic mass is 35.5. The van der Waals surface area contributed by atoms with Gasteiger partial charge in [-0.25, -0.2) is 17.8 Å². The highest BCUT2D eigenvalue weighted by Gasteiger charge is 2.23. The summed E-state index contributed by atoms with van der Waals surface area (Å²) in [6.45, 7) is 3.88. The van der Waals surface area contributed by atoms with Crippen LogP contribution in [0, 0.1) is 5.82 Å². The molecule has 0 bridgehead atoms. The average Bonchev–Trinajstić information content (AvgIpc) is 2.91. The van der Waals surface area contributed by atoms with Crippen LogP contribution in [0.4, 0.5) is 10.1 Å². The van der Waals surface area contributed by atoms with Crippen molar-refractivity contribution in [3.05, 3.63) is 53.6 Å². The van der Waals surface area contributed by atoms with Gasteiger partial charge < -0.3 is 4.57 Å². The average molecular weight is 368 g/mol. The maximum absolute atomic E-state index is 13.1. The minimum absolute atomic E-state index is 0.00991. The number of sulfonamides is 1. The summed E-state index contributed by atoms with van der Waals surface area (Å²) < 4.78 is 42.9. The first-order valence-corrected chi connectivity index (χ1v) is 9.09. The van der Waals surface area contributed by atoms with Crippen molar-refractivity contribution in [2.75, 3.05) is 4.72 Å². The van der Waals surface area contributed by atoms with E-state index in [2.05, 4.69) is 9.71 Å². The van der Waals surface area contributed by atoms with Crippen LogP contribution >= 0.6 is 11.6 Å². The van der Waals surface area contributed by atoms with Gasteiger partial charge in [0.2, 0.25) is 0 Å². The Hall–Kier alpha value is -2.12. The zero-order valence-corrected chi connectivity index (χ0v) is 14.6. The molecule has 0 spiro atoms. The molecule has 2 aromatic heterocycles. The van der Waals surface area contributed by atoms with Crippen molar-refractivity contribution in [3.63, 3.8) is 0 Å². The zero-order chi connectivity index (χ0) is 17.5. The molecule has 0 aliphatic carbocycles. The van der Waals surface area contributed by atoms with Crippen LogP contribution in [0.2, 0.25) is 5.02 Å². The zero-order valence-electron chi connectivity index (χ0n) is 13.0. The van der Waals surface area contributed by atoms with Crippen molar-refractivity contribution in [2.24, 2.45) is 0 Å². The lowest BCUT2D eigenvalue weighted by Gasteiger charge is -2.09. The van der Waals surface area contributed by atoms with Gasteiger partial charge in [-0.05, 0) is 44.2 Å². The highest BCUT2D eigenvalue weighted by Crippen LogP contribution is 2.30. The molecule has 3 rings (SSSR count). The largest absolute Gasteiger partial charge is 0.329 e. The summed E-state index contributed by atoms with van der Waals surface area (Å²) >= 11 is 5.91. The summed E-state index contributed by atoms with van der Waals surface area (Å²) in [7, 11) is -3.91. The van der Waals surface area contributed by atoms with E-state index in [0.29, 0.717) is 11.0 Å². The van der Waals surface area contributed by atoms with E-state index < -0.39 is 15.8 Å². The van der Waals surface area contributed by atoms with Gasteiger partial charge >= 0.3 is 0 Å². The van der Waals surface area contributed by atoms with Crippen molar-refractivity contribution in [1.29, 1.82) is 0 Å². The maximum Gasteiger partial charge on any atom is 0.264 e. The van der Waals surface area contributed by atoms with Gasteiger partial charge in [0.25, 0.3) is 10.0 Å². The summed E-state index contributed by atoms with van der Waals surface area (Å²) in [5, 5.41) is 0.501. The van der Waals surface area contributed by atoms with E-state index in [0.717, 1.165) is 12.1 Å². The number of rotatable bonds is 4. The minimum atomic E-state index is -3.91. The fourth-order valence-electron chi connectivity index (χ4n) is 2.43. The van der Waals surface area contributed by atoms with Gasteiger partial charge in [-0.3, -0.25) is 4.72 Å². The summed E-state index contributed by atoms with van der Waals surface area (Å²) in [6, 6.07) is 6.90. The van der Waals surface area contributed by atoms with Gasteiger partial charge in [-0.15, -0.1) is 0 Å². The van der Waals surface area contributed by atoms with Crippen LogP contribution in [0.3, 0.4) is 0 Å². The molecule has 1 aromatic carbocycles. The third kappa shape index (κ3) is 2.97. The topological polar surface area (TPSA) is 64.0 Å². The third-order valence-corrected chi connectivity index (χ3v) is 5.28. The van der Waals surface area contributed by atoms with Crippen LogP contribution in [0.1, 0.15) is 19.9 Å². The van der Waals surface area contributed by atoms with Gasteiger partial charge in [-0.1, -0.05) is 11.6 Å². The van der Waals surface area contributed by atoms with E-state index in [-0.39, 0.29) is 21.6 Å². The van der Waals surface area contributed by atoms with Gasteiger partial charge in [0.1, 0.15) is 16.4 Å². The van der Waals surface area contributed by atoms with E-state index in [1.165, 1.54) is 6.07 Å². The molecule has 3 aromatic rings. The van der Waals surface area contributed by atoms with Crippen molar-refractivity contribution >= 4 is 38.3 Å². The molecule has 24 heavy (non-hydrogen) atoms. The summed E-state index contributed by atoms with van der Waals surface area (Å²) in [5.74, 6) is -0.538. The highest BCUT2D eigenvalue weighted by molar-refractivity contribution is 7.93. The number of aromatic nitrogens is 2. The Morgan fingerprint density at radius 3 is 2.71 bits per heavy atom. The molecule has 0 unspecified atom stereocenters. The Morgan fingerprint density at radius 1 is 1.29 bits per heavy atom. The molecule has 0 aliphatic heterocycles. The molecule has 0 saturated carbocycles. The van der Waals surface area contributed by atoms with E-state index in [9.17, 15) is 12.8 Å². The van der Waals surface area contributed by atoms with Crippen molar-refractivity contribution in [3.8, 4) is 0 Å². The fourth-order valence-corrected chi connectivity index (χ4v) is 3.98. The number of hydrogen-bond acceptors (Lipinski definition) is 3. The van der Waals surface area contributed by atoms with Gasteiger partial charge in [0.05, 0.1) is 10.7 Å². The Balaban J connectivity index is 2.12. The lowest BCUT2D eigenvalue weighted by atomic mass is 10.3. The number of nitrogens with zero attached hydrogens (tertiary/aromatic N) is 2. The fraction of sp³-hybridized carbons (Fsp3) is 0.188. The van der Waals surface area contributed by atoms with Gasteiger partial charge in [-0.2, -0.15) is 0 Å². The summed E-state index contributed by atoms with van der Waals surface area (Å²) in [6.07, 6.45) is 3.16. The second kappa shape index (κ2) is 6.07. The van der Waals surface area contributed by atoms with E-state index in [1.807, 2.05) is 13.8 Å². The molecule has 0 fully saturated rings. The normalized spacial score (nSPS) is 12.0. The summed E-state index contributed by atoms with van der Waals surface area (Å²) in [5.41, 5.74) is 0.700. The molecule has 2 heterocycles. The van der Waals surface area contributed by atoms with Crippen LogP contribution in [-0.2, 0) is 10.0 Å². The van der Waals surface area contributed by atoms with E-state index in [1.54, 1.807) is 29.1 Å². The van der Waals surface area contributed by atoms with Crippen molar-refractivity contribution in [1.82, 2.24) is 9.55 Å². The quantitative estimate of drug-likeness (QED) is 0.751. The number of fused-ring (bicyclic) bond motifs is 1.